The van der Waals surface area contributed by atoms with Gasteiger partial charge in [-0.3, -0.25) is 4.79 Å². The number of carbonyl (C=O) groups is 1. The fraction of sp³-hybridized carbons (Fsp3) is 0.909. The summed E-state index contributed by atoms with van der Waals surface area (Å²) in [5.41, 5.74) is 5.57. The van der Waals surface area contributed by atoms with Crippen LogP contribution in [0.1, 0.15) is 26.2 Å². The number of rotatable bonds is 10. The topological polar surface area (TPSA) is 70.8 Å². The van der Waals surface area contributed by atoms with Gasteiger partial charge in [0, 0.05) is 20.3 Å². The van der Waals surface area contributed by atoms with Crippen LogP contribution in [-0.2, 0) is 19.0 Å². The van der Waals surface area contributed by atoms with Gasteiger partial charge in [-0.15, -0.1) is 0 Å². The van der Waals surface area contributed by atoms with Gasteiger partial charge in [-0.1, -0.05) is 13.3 Å². The Kier molecular flexibility index (Phi) is 10.4. The highest BCUT2D eigenvalue weighted by Gasteiger charge is 2.13. The molecule has 1 unspecified atom stereocenters. The summed E-state index contributed by atoms with van der Waals surface area (Å²) >= 11 is 0. The molecule has 2 N–H and O–H groups in total. The molecule has 0 aliphatic carbocycles. The number of nitrogens with two attached hydrogens (primary N) is 1. The number of ether oxygens (including phenoxy) is 3. The lowest BCUT2D eigenvalue weighted by Crippen LogP contribution is -2.34. The molecule has 0 radical (unpaired) electrons. The molecular formula is C11H23NO4. The first-order valence-electron chi connectivity index (χ1n) is 5.71. The van der Waals surface area contributed by atoms with Crippen molar-refractivity contribution in [1.82, 2.24) is 0 Å². The van der Waals surface area contributed by atoms with E-state index in [4.69, 9.17) is 19.9 Å². The van der Waals surface area contributed by atoms with Crippen molar-refractivity contribution in [2.45, 2.75) is 32.2 Å². The van der Waals surface area contributed by atoms with Gasteiger partial charge in [-0.2, -0.15) is 0 Å². The standard InChI is InChI=1S/C11H23NO4/c1-3-4-6-15-8-9-16-11(13)10(12)5-7-14-2/h10H,3-9,12H2,1-2H3. The number of esters is 1. The number of hydrogen-bond donors (Lipinski definition) is 1. The fourth-order valence-electron chi connectivity index (χ4n) is 1.02. The van der Waals surface area contributed by atoms with E-state index in [1.54, 1.807) is 7.11 Å². The molecule has 0 spiro atoms. The first-order chi connectivity index (χ1) is 7.72. The monoisotopic (exact) mass is 233 g/mol. The highest BCUT2D eigenvalue weighted by atomic mass is 16.6. The van der Waals surface area contributed by atoms with Crippen molar-refractivity contribution < 1.29 is 19.0 Å². The van der Waals surface area contributed by atoms with Crippen LogP contribution in [0.15, 0.2) is 0 Å². The second kappa shape index (κ2) is 10.9. The third-order valence-electron chi connectivity index (χ3n) is 2.05. The van der Waals surface area contributed by atoms with E-state index in [0.29, 0.717) is 26.2 Å². The average Bonchev–Trinajstić information content (AvgIpc) is 2.30. The molecule has 0 amide bonds. The number of methoxy groups -OCH3 is 1. The lowest BCUT2D eigenvalue weighted by atomic mass is 10.2. The van der Waals surface area contributed by atoms with Crippen molar-refractivity contribution in [2.24, 2.45) is 5.73 Å². The summed E-state index contributed by atoms with van der Waals surface area (Å²) in [6, 6.07) is -0.601. The predicted molar refractivity (Wildman–Crippen MR) is 61.2 cm³/mol. The molecule has 0 aliphatic heterocycles. The minimum Gasteiger partial charge on any atom is -0.462 e. The Bertz CT molecular complexity index is 175. The van der Waals surface area contributed by atoms with Gasteiger partial charge >= 0.3 is 5.97 Å². The zero-order chi connectivity index (χ0) is 12.2. The summed E-state index contributed by atoms with van der Waals surface area (Å²) in [6.07, 6.45) is 2.61. The molecule has 96 valence electrons. The Hall–Kier alpha value is -0.650. The van der Waals surface area contributed by atoms with Crippen LogP contribution in [0.3, 0.4) is 0 Å². The van der Waals surface area contributed by atoms with Crippen LogP contribution >= 0.6 is 0 Å². The summed E-state index contributed by atoms with van der Waals surface area (Å²) in [5, 5.41) is 0. The predicted octanol–water partition coefficient (Wildman–Crippen LogP) is 0.710. The number of hydrogen-bond acceptors (Lipinski definition) is 5. The largest absolute Gasteiger partial charge is 0.462 e. The third kappa shape index (κ3) is 8.64. The molecule has 5 heteroatoms. The number of unbranched alkanes of at least 4 members (excludes halogenated alkanes) is 1. The van der Waals surface area contributed by atoms with E-state index in [1.807, 2.05) is 0 Å². The molecule has 0 aliphatic rings. The summed E-state index contributed by atoms with van der Waals surface area (Å²) in [4.78, 5) is 11.3. The maximum Gasteiger partial charge on any atom is 0.323 e. The Morgan fingerprint density at radius 1 is 1.25 bits per heavy atom. The normalized spacial score (nSPS) is 12.4. The lowest BCUT2D eigenvalue weighted by Gasteiger charge is -2.10. The molecule has 0 aromatic carbocycles. The maximum atomic E-state index is 11.3. The summed E-state index contributed by atoms with van der Waals surface area (Å²) in [6.45, 7) is 3.97. The van der Waals surface area contributed by atoms with Crippen molar-refractivity contribution >= 4 is 5.97 Å². The average molecular weight is 233 g/mol. The second-order valence-electron chi connectivity index (χ2n) is 3.52. The Balaban J connectivity index is 3.35. The van der Waals surface area contributed by atoms with E-state index < -0.39 is 12.0 Å². The molecule has 16 heavy (non-hydrogen) atoms. The van der Waals surface area contributed by atoms with Gasteiger partial charge in [0.15, 0.2) is 0 Å². The third-order valence-corrected chi connectivity index (χ3v) is 2.05. The number of carbonyl (C=O) groups excluding carboxylic acids is 1. The molecule has 0 fully saturated rings. The molecule has 0 saturated heterocycles. The maximum absolute atomic E-state index is 11.3. The van der Waals surface area contributed by atoms with Gasteiger partial charge in [0.2, 0.25) is 0 Å². The summed E-state index contributed by atoms with van der Waals surface area (Å²) in [7, 11) is 1.57. The molecule has 0 bridgehead atoms. The minimum atomic E-state index is -0.601. The molecule has 0 rings (SSSR count). The van der Waals surface area contributed by atoms with Crippen LogP contribution in [0.4, 0.5) is 0 Å². The highest BCUT2D eigenvalue weighted by molar-refractivity contribution is 5.75. The van der Waals surface area contributed by atoms with Crippen LogP contribution in [0.25, 0.3) is 0 Å². The van der Waals surface area contributed by atoms with Gasteiger partial charge in [-0.25, -0.2) is 0 Å². The van der Waals surface area contributed by atoms with Gasteiger partial charge in [-0.05, 0) is 12.8 Å². The first kappa shape index (κ1) is 15.3. The van der Waals surface area contributed by atoms with Crippen molar-refractivity contribution in [3.8, 4) is 0 Å². The van der Waals surface area contributed by atoms with Crippen molar-refractivity contribution in [3.63, 3.8) is 0 Å². The smallest absolute Gasteiger partial charge is 0.323 e. The Morgan fingerprint density at radius 2 is 2.00 bits per heavy atom. The van der Waals surface area contributed by atoms with E-state index in [-0.39, 0.29) is 6.61 Å². The van der Waals surface area contributed by atoms with Crippen LogP contribution in [0, 0.1) is 0 Å². The second-order valence-corrected chi connectivity index (χ2v) is 3.52. The van der Waals surface area contributed by atoms with Crippen LogP contribution in [-0.4, -0.2) is 45.5 Å². The SMILES string of the molecule is CCCCOCCOC(=O)C(N)CCOC. The van der Waals surface area contributed by atoms with Crippen molar-refractivity contribution in [2.75, 3.05) is 33.5 Å². The van der Waals surface area contributed by atoms with Crippen molar-refractivity contribution in [3.05, 3.63) is 0 Å². The van der Waals surface area contributed by atoms with Gasteiger partial charge in [0.05, 0.1) is 6.61 Å². The zero-order valence-corrected chi connectivity index (χ0v) is 10.2. The van der Waals surface area contributed by atoms with Gasteiger partial charge < -0.3 is 19.9 Å². The zero-order valence-electron chi connectivity index (χ0n) is 10.2. The van der Waals surface area contributed by atoms with Crippen LogP contribution < -0.4 is 5.73 Å². The molecule has 0 saturated carbocycles. The fourth-order valence-corrected chi connectivity index (χ4v) is 1.02. The van der Waals surface area contributed by atoms with E-state index in [2.05, 4.69) is 6.92 Å². The Morgan fingerprint density at radius 3 is 2.62 bits per heavy atom. The summed E-state index contributed by atoms with van der Waals surface area (Å²) < 4.78 is 15.0. The molecule has 0 heterocycles. The van der Waals surface area contributed by atoms with E-state index in [9.17, 15) is 4.79 Å². The molecular weight excluding hydrogens is 210 g/mol. The Labute approximate surface area is 97.2 Å². The minimum absolute atomic E-state index is 0.267. The summed E-state index contributed by atoms with van der Waals surface area (Å²) in [5.74, 6) is -0.392. The van der Waals surface area contributed by atoms with Gasteiger partial charge in [0.1, 0.15) is 12.6 Å². The van der Waals surface area contributed by atoms with E-state index in [0.717, 1.165) is 12.8 Å². The van der Waals surface area contributed by atoms with E-state index >= 15 is 0 Å². The van der Waals surface area contributed by atoms with Gasteiger partial charge in [0.25, 0.3) is 0 Å². The lowest BCUT2D eigenvalue weighted by molar-refractivity contribution is -0.147. The quantitative estimate of drug-likeness (QED) is 0.444. The first-order valence-corrected chi connectivity index (χ1v) is 5.71. The molecule has 5 nitrogen and oxygen atoms in total. The molecule has 1 atom stereocenters. The van der Waals surface area contributed by atoms with Crippen molar-refractivity contribution in [1.29, 1.82) is 0 Å². The highest BCUT2D eigenvalue weighted by Crippen LogP contribution is 1.93. The van der Waals surface area contributed by atoms with Crippen LogP contribution in [0.2, 0.25) is 0 Å². The molecule has 0 aromatic heterocycles. The van der Waals surface area contributed by atoms with E-state index in [1.165, 1.54) is 0 Å². The molecule has 0 aromatic rings. The van der Waals surface area contributed by atoms with Crippen LogP contribution in [0.5, 0.6) is 0 Å².